The number of benzene rings is 1. The fourth-order valence-electron chi connectivity index (χ4n) is 3.03. The third-order valence-corrected chi connectivity index (χ3v) is 4.28. The first-order chi connectivity index (χ1) is 13.0. The first-order valence-corrected chi connectivity index (χ1v) is 8.82. The van der Waals surface area contributed by atoms with Crippen LogP contribution in [-0.2, 0) is 4.74 Å². The first-order valence-electron chi connectivity index (χ1n) is 8.82. The molecule has 1 saturated heterocycles. The number of rotatable bonds is 5. The summed E-state index contributed by atoms with van der Waals surface area (Å²) in [5.41, 5.74) is 7.84. The quantitative estimate of drug-likeness (QED) is 0.478. The Morgan fingerprint density at radius 1 is 1.41 bits per heavy atom. The Labute approximate surface area is 159 Å². The Bertz CT molecular complexity index is 877. The van der Waals surface area contributed by atoms with Gasteiger partial charge >= 0.3 is 0 Å². The molecule has 0 bridgehead atoms. The summed E-state index contributed by atoms with van der Waals surface area (Å²) in [6.07, 6.45) is 6.68. The van der Waals surface area contributed by atoms with E-state index in [0.29, 0.717) is 48.2 Å². The maximum absolute atomic E-state index is 8.57. The summed E-state index contributed by atoms with van der Waals surface area (Å²) >= 11 is 0. The number of nitrogens with one attached hydrogen (secondary N) is 1. The lowest BCUT2D eigenvalue weighted by atomic mass is 10.0. The van der Waals surface area contributed by atoms with Crippen molar-refractivity contribution in [2.45, 2.75) is 26.1 Å². The van der Waals surface area contributed by atoms with Gasteiger partial charge in [-0.2, -0.15) is 0 Å². The van der Waals surface area contributed by atoms with Crippen LogP contribution in [0.1, 0.15) is 25.1 Å². The van der Waals surface area contributed by atoms with Gasteiger partial charge in [0.05, 0.1) is 30.7 Å². The van der Waals surface area contributed by atoms with Crippen LogP contribution in [0.4, 0.5) is 11.5 Å². The second-order valence-electron chi connectivity index (χ2n) is 6.33. The third-order valence-electron chi connectivity index (χ3n) is 4.28. The van der Waals surface area contributed by atoms with E-state index in [-0.39, 0.29) is 17.9 Å². The van der Waals surface area contributed by atoms with E-state index in [9.17, 15) is 0 Å². The van der Waals surface area contributed by atoms with E-state index < -0.39 is 0 Å². The zero-order chi connectivity index (χ0) is 19.4. The molecule has 0 radical (unpaired) electrons. The second kappa shape index (κ2) is 8.06. The minimum Gasteiger partial charge on any atom is -0.494 e. The lowest BCUT2D eigenvalue weighted by Crippen LogP contribution is -2.46. The molecular formula is C20H23N5O2. The average molecular weight is 365 g/mol. The van der Waals surface area contributed by atoms with E-state index in [1.807, 2.05) is 13.8 Å². The highest BCUT2D eigenvalue weighted by molar-refractivity contribution is 6.13. The van der Waals surface area contributed by atoms with Crippen molar-refractivity contribution in [3.63, 3.8) is 0 Å². The van der Waals surface area contributed by atoms with E-state index in [1.165, 1.54) is 6.33 Å². The number of morpholine rings is 1. The van der Waals surface area contributed by atoms with E-state index in [2.05, 4.69) is 20.8 Å². The fraction of sp³-hybridized carbons (Fsp3) is 0.350. The average Bonchev–Trinajstić information content (AvgIpc) is 2.68. The highest BCUT2D eigenvalue weighted by Gasteiger charge is 2.25. The third kappa shape index (κ3) is 4.18. The highest BCUT2D eigenvalue weighted by Crippen LogP contribution is 2.24. The highest BCUT2D eigenvalue weighted by atomic mass is 16.5. The molecule has 2 atom stereocenters. The molecule has 7 heteroatoms. The van der Waals surface area contributed by atoms with E-state index in [4.69, 9.17) is 27.0 Å². The Morgan fingerprint density at radius 3 is 2.96 bits per heavy atom. The molecule has 2 unspecified atom stereocenters. The van der Waals surface area contributed by atoms with E-state index in [1.54, 1.807) is 24.3 Å². The van der Waals surface area contributed by atoms with Crippen LogP contribution in [0.3, 0.4) is 0 Å². The summed E-state index contributed by atoms with van der Waals surface area (Å²) in [5, 5.41) is 8.57. The smallest absolute Gasteiger partial charge is 0.135 e. The molecular weight excluding hydrogens is 342 g/mol. The molecule has 3 N–H and O–H groups in total. The van der Waals surface area contributed by atoms with Crippen LogP contribution in [0.5, 0.6) is 5.75 Å². The van der Waals surface area contributed by atoms with Crippen molar-refractivity contribution in [3.05, 3.63) is 41.9 Å². The molecule has 2 heterocycles. The van der Waals surface area contributed by atoms with Gasteiger partial charge in [0.1, 0.15) is 24.0 Å². The van der Waals surface area contributed by atoms with Gasteiger partial charge in [-0.05, 0) is 32.0 Å². The molecule has 0 spiro atoms. The summed E-state index contributed by atoms with van der Waals surface area (Å²) in [7, 11) is 0. The van der Waals surface area contributed by atoms with Gasteiger partial charge in [-0.3, -0.25) is 5.41 Å². The predicted octanol–water partition coefficient (Wildman–Crippen LogP) is 2.10. The van der Waals surface area contributed by atoms with Crippen LogP contribution in [0.2, 0.25) is 0 Å². The summed E-state index contributed by atoms with van der Waals surface area (Å²) in [4.78, 5) is 10.7. The molecule has 1 aliphatic rings. The summed E-state index contributed by atoms with van der Waals surface area (Å²) in [6.45, 7) is 5.64. The standard InChI is InChI=1S/C20H23N5O2/c1-4-14-11-25(10-13(3)27-14)19-9-18(23-12-24-19)20(22)16-8-15(26-5-2)6-7-17(16)21/h1,6-9,12-14,22H,5,10-11,21H2,2-3H3. The van der Waals surface area contributed by atoms with Crippen molar-refractivity contribution < 1.29 is 9.47 Å². The number of nitrogens with zero attached hydrogens (tertiary/aromatic N) is 3. The van der Waals surface area contributed by atoms with Crippen molar-refractivity contribution in [3.8, 4) is 18.1 Å². The normalized spacial score (nSPS) is 19.4. The number of terminal acetylenes is 1. The van der Waals surface area contributed by atoms with Crippen molar-refractivity contribution in [2.75, 3.05) is 30.3 Å². The van der Waals surface area contributed by atoms with Gasteiger partial charge in [0.2, 0.25) is 0 Å². The van der Waals surface area contributed by atoms with Crippen molar-refractivity contribution >= 4 is 17.2 Å². The monoisotopic (exact) mass is 365 g/mol. The van der Waals surface area contributed by atoms with Gasteiger partial charge in [-0.25, -0.2) is 9.97 Å². The van der Waals surface area contributed by atoms with Gasteiger partial charge in [0, 0.05) is 23.9 Å². The summed E-state index contributed by atoms with van der Waals surface area (Å²) in [5.74, 6) is 4.02. The molecule has 0 saturated carbocycles. The number of aromatic nitrogens is 2. The fourth-order valence-corrected chi connectivity index (χ4v) is 3.03. The lowest BCUT2D eigenvalue weighted by Gasteiger charge is -2.35. The van der Waals surface area contributed by atoms with Crippen molar-refractivity contribution in [2.24, 2.45) is 0 Å². The minimum atomic E-state index is -0.287. The van der Waals surface area contributed by atoms with Gasteiger partial charge in [0.25, 0.3) is 0 Å². The van der Waals surface area contributed by atoms with Crippen LogP contribution in [-0.4, -0.2) is 47.6 Å². The van der Waals surface area contributed by atoms with Crippen LogP contribution >= 0.6 is 0 Å². The number of anilines is 2. The van der Waals surface area contributed by atoms with Gasteiger partial charge < -0.3 is 20.1 Å². The Kier molecular flexibility index (Phi) is 5.57. The van der Waals surface area contributed by atoms with Crippen LogP contribution in [0.15, 0.2) is 30.6 Å². The van der Waals surface area contributed by atoms with Crippen LogP contribution in [0, 0.1) is 17.8 Å². The summed E-state index contributed by atoms with van der Waals surface area (Å²) < 4.78 is 11.2. The minimum absolute atomic E-state index is 0.00353. The first kappa shape index (κ1) is 18.7. The molecule has 140 valence electrons. The molecule has 7 nitrogen and oxygen atoms in total. The van der Waals surface area contributed by atoms with E-state index in [0.717, 1.165) is 0 Å². The Hall–Kier alpha value is -3.11. The molecule has 1 aromatic carbocycles. The predicted molar refractivity (Wildman–Crippen MR) is 105 cm³/mol. The Balaban J connectivity index is 1.88. The number of ether oxygens (including phenoxy) is 2. The maximum Gasteiger partial charge on any atom is 0.135 e. The lowest BCUT2D eigenvalue weighted by molar-refractivity contribution is 0.0151. The SMILES string of the molecule is C#CC1CN(c2cc(C(=N)c3cc(OCC)ccc3N)ncn2)CC(C)O1. The van der Waals surface area contributed by atoms with Crippen LogP contribution < -0.4 is 15.4 Å². The molecule has 1 fully saturated rings. The summed E-state index contributed by atoms with van der Waals surface area (Å²) in [6, 6.07) is 7.06. The topological polar surface area (TPSA) is 97.4 Å². The molecule has 3 rings (SSSR count). The number of nitrogen functional groups attached to an aromatic ring is 1. The van der Waals surface area contributed by atoms with Gasteiger partial charge in [0.15, 0.2) is 0 Å². The van der Waals surface area contributed by atoms with Crippen molar-refractivity contribution in [1.82, 2.24) is 9.97 Å². The second-order valence-corrected chi connectivity index (χ2v) is 6.33. The number of hydrogen-bond acceptors (Lipinski definition) is 7. The molecule has 1 aliphatic heterocycles. The van der Waals surface area contributed by atoms with E-state index >= 15 is 0 Å². The zero-order valence-corrected chi connectivity index (χ0v) is 15.5. The molecule has 2 aromatic rings. The number of hydrogen-bond donors (Lipinski definition) is 2. The molecule has 0 amide bonds. The molecule has 0 aliphatic carbocycles. The molecule has 1 aromatic heterocycles. The van der Waals surface area contributed by atoms with Crippen molar-refractivity contribution in [1.29, 1.82) is 5.41 Å². The maximum atomic E-state index is 8.57. The Morgan fingerprint density at radius 2 is 2.22 bits per heavy atom. The van der Waals surface area contributed by atoms with Crippen LogP contribution in [0.25, 0.3) is 0 Å². The largest absolute Gasteiger partial charge is 0.494 e. The zero-order valence-electron chi connectivity index (χ0n) is 15.5. The number of nitrogens with two attached hydrogens (primary N) is 1. The van der Waals surface area contributed by atoms with Gasteiger partial charge in [-0.15, -0.1) is 6.42 Å². The molecule has 27 heavy (non-hydrogen) atoms. The van der Waals surface area contributed by atoms with Gasteiger partial charge in [-0.1, -0.05) is 5.92 Å².